The normalized spacial score (nSPS) is 10.7. The highest BCUT2D eigenvalue weighted by Gasteiger charge is 2.13. The largest absolute Gasteiger partial charge is 0.493 e. The van der Waals surface area contributed by atoms with Gasteiger partial charge in [0.1, 0.15) is 6.61 Å². The molecule has 0 fully saturated rings. The summed E-state index contributed by atoms with van der Waals surface area (Å²) < 4.78 is 12.3. The molecule has 0 atom stereocenters. The van der Waals surface area contributed by atoms with Gasteiger partial charge in [0.15, 0.2) is 11.5 Å². The molecule has 2 N–H and O–H groups in total. The molecule has 3 rings (SSSR count). The fourth-order valence-corrected chi connectivity index (χ4v) is 3.74. The highest BCUT2D eigenvalue weighted by atomic mass is 79.9. The predicted octanol–water partition coefficient (Wildman–Crippen LogP) is 6.90. The lowest BCUT2D eigenvalue weighted by Gasteiger charge is -2.16. The Morgan fingerprint density at radius 3 is 2.41 bits per heavy atom. The Bertz CT molecular complexity index is 1070. The maximum atomic E-state index is 11.8. The molecule has 0 bridgehead atoms. The maximum Gasteiger partial charge on any atom is 0.226 e. The molecule has 0 aliphatic heterocycles. The lowest BCUT2D eigenvalue weighted by molar-refractivity contribution is -0.118. The maximum absolute atomic E-state index is 11.8. The van der Waals surface area contributed by atoms with Gasteiger partial charge in [-0.15, -0.1) is 0 Å². The first-order valence-electron chi connectivity index (χ1n) is 10.2. The van der Waals surface area contributed by atoms with Gasteiger partial charge >= 0.3 is 0 Å². The van der Waals surface area contributed by atoms with Crippen LogP contribution in [0.5, 0.6) is 11.5 Å². The third kappa shape index (κ3) is 6.40. The number of halogens is 2. The number of hydrogen-bond acceptors (Lipinski definition) is 4. The van der Waals surface area contributed by atoms with Crippen LogP contribution in [-0.4, -0.2) is 13.0 Å². The first-order chi connectivity index (χ1) is 15.4. The van der Waals surface area contributed by atoms with Gasteiger partial charge in [-0.1, -0.05) is 43.6 Å². The number of methoxy groups -OCH3 is 1. The molecule has 0 radical (unpaired) electrons. The average Bonchev–Trinajstić information content (AvgIpc) is 2.78. The summed E-state index contributed by atoms with van der Waals surface area (Å²) in [7, 11) is 1.62. The Morgan fingerprint density at radius 2 is 1.75 bits per heavy atom. The van der Waals surface area contributed by atoms with Crippen molar-refractivity contribution in [3.8, 4) is 11.5 Å². The molecule has 0 heterocycles. The van der Waals surface area contributed by atoms with E-state index in [1.165, 1.54) is 0 Å². The van der Waals surface area contributed by atoms with Crippen LogP contribution in [-0.2, 0) is 17.9 Å². The highest BCUT2D eigenvalue weighted by Crippen LogP contribution is 2.37. The van der Waals surface area contributed by atoms with E-state index in [0.717, 1.165) is 27.0 Å². The molecular formula is C25H26BrClN2O3. The van der Waals surface area contributed by atoms with E-state index in [9.17, 15) is 4.79 Å². The molecule has 168 valence electrons. The lowest BCUT2D eigenvalue weighted by Crippen LogP contribution is -2.17. The van der Waals surface area contributed by atoms with Crippen LogP contribution in [0.25, 0.3) is 0 Å². The van der Waals surface area contributed by atoms with Crippen LogP contribution >= 0.6 is 27.5 Å². The van der Waals surface area contributed by atoms with Gasteiger partial charge in [0.25, 0.3) is 0 Å². The minimum Gasteiger partial charge on any atom is -0.493 e. The van der Waals surface area contributed by atoms with Crippen molar-refractivity contribution < 1.29 is 14.3 Å². The summed E-state index contributed by atoms with van der Waals surface area (Å²) in [6, 6.07) is 19.1. The van der Waals surface area contributed by atoms with Gasteiger partial charge in [-0.3, -0.25) is 4.79 Å². The van der Waals surface area contributed by atoms with Crippen LogP contribution in [0.1, 0.15) is 25.0 Å². The smallest absolute Gasteiger partial charge is 0.226 e. The summed E-state index contributed by atoms with van der Waals surface area (Å²) in [5, 5.41) is 6.93. The second-order valence-electron chi connectivity index (χ2n) is 7.56. The standard InChI is InChI=1S/C25H26BrClN2O3/c1-16(2)25(30)29-20-10-8-19(9-11-20)28-14-17-12-21(26)24(23(13-17)31-3)32-15-18-6-4-5-7-22(18)27/h4-13,16,28H,14-15H2,1-3H3,(H,29,30). The molecule has 1 amide bonds. The number of anilines is 2. The Hall–Kier alpha value is -2.70. The molecule has 0 aliphatic carbocycles. The number of rotatable bonds is 9. The topological polar surface area (TPSA) is 59.6 Å². The van der Waals surface area contributed by atoms with Crippen molar-refractivity contribution >= 4 is 44.8 Å². The minimum absolute atomic E-state index is 0.000464. The molecule has 0 aromatic heterocycles. The summed E-state index contributed by atoms with van der Waals surface area (Å²) >= 11 is 9.82. The molecule has 0 spiro atoms. The average molecular weight is 518 g/mol. The molecule has 0 aliphatic rings. The zero-order chi connectivity index (χ0) is 23.1. The third-order valence-electron chi connectivity index (χ3n) is 4.79. The van der Waals surface area contributed by atoms with Gasteiger partial charge < -0.3 is 20.1 Å². The van der Waals surface area contributed by atoms with E-state index in [4.69, 9.17) is 21.1 Å². The Balaban J connectivity index is 1.64. The van der Waals surface area contributed by atoms with E-state index in [2.05, 4.69) is 26.6 Å². The number of carbonyl (C=O) groups is 1. The minimum atomic E-state index is -0.0575. The van der Waals surface area contributed by atoms with Crippen molar-refractivity contribution in [1.29, 1.82) is 0 Å². The Labute approximate surface area is 202 Å². The lowest BCUT2D eigenvalue weighted by atomic mass is 10.2. The van der Waals surface area contributed by atoms with Gasteiger partial charge in [-0.05, 0) is 64.0 Å². The molecule has 7 heteroatoms. The number of amides is 1. The number of hydrogen-bond donors (Lipinski definition) is 2. The van der Waals surface area contributed by atoms with Gasteiger partial charge in [-0.25, -0.2) is 0 Å². The van der Waals surface area contributed by atoms with Crippen LogP contribution in [0, 0.1) is 5.92 Å². The van der Waals surface area contributed by atoms with Crippen LogP contribution in [0.4, 0.5) is 11.4 Å². The van der Waals surface area contributed by atoms with E-state index in [1.54, 1.807) is 7.11 Å². The summed E-state index contributed by atoms with van der Waals surface area (Å²) in [5.41, 5.74) is 3.65. The molecule has 0 unspecified atom stereocenters. The van der Waals surface area contributed by atoms with Gasteiger partial charge in [0, 0.05) is 34.4 Å². The highest BCUT2D eigenvalue weighted by molar-refractivity contribution is 9.10. The van der Waals surface area contributed by atoms with E-state index < -0.39 is 0 Å². The van der Waals surface area contributed by atoms with Gasteiger partial charge in [0.05, 0.1) is 11.6 Å². The van der Waals surface area contributed by atoms with Gasteiger partial charge in [-0.2, -0.15) is 0 Å². The van der Waals surface area contributed by atoms with Crippen LogP contribution < -0.4 is 20.1 Å². The van der Waals surface area contributed by atoms with Crippen molar-refractivity contribution in [2.45, 2.75) is 27.0 Å². The second kappa shape index (κ2) is 11.2. The van der Waals surface area contributed by atoms with E-state index in [0.29, 0.717) is 29.7 Å². The van der Waals surface area contributed by atoms with E-state index in [-0.39, 0.29) is 11.8 Å². The molecular weight excluding hydrogens is 492 g/mol. The predicted molar refractivity (Wildman–Crippen MR) is 134 cm³/mol. The summed E-state index contributed by atoms with van der Waals surface area (Å²) in [6.07, 6.45) is 0. The fraction of sp³-hybridized carbons (Fsp3) is 0.240. The molecule has 5 nitrogen and oxygen atoms in total. The molecule has 3 aromatic rings. The van der Waals surface area contributed by atoms with Crippen molar-refractivity contribution in [3.63, 3.8) is 0 Å². The summed E-state index contributed by atoms with van der Waals surface area (Å²) in [4.78, 5) is 11.8. The number of carbonyl (C=O) groups excluding carboxylic acids is 1. The number of benzene rings is 3. The van der Waals surface area contributed by atoms with Crippen molar-refractivity contribution in [1.82, 2.24) is 0 Å². The van der Waals surface area contributed by atoms with Crippen LogP contribution in [0.3, 0.4) is 0 Å². The third-order valence-corrected chi connectivity index (χ3v) is 5.75. The van der Waals surface area contributed by atoms with E-state index in [1.807, 2.05) is 74.5 Å². The first kappa shape index (κ1) is 24.0. The van der Waals surface area contributed by atoms with Gasteiger partial charge in [0.2, 0.25) is 5.91 Å². The summed E-state index contributed by atoms with van der Waals surface area (Å²) in [5.74, 6) is 1.20. The zero-order valence-electron chi connectivity index (χ0n) is 18.2. The number of nitrogens with one attached hydrogen (secondary N) is 2. The van der Waals surface area contributed by atoms with E-state index >= 15 is 0 Å². The quantitative estimate of drug-likeness (QED) is 0.324. The Morgan fingerprint density at radius 1 is 1.06 bits per heavy atom. The SMILES string of the molecule is COc1cc(CNc2ccc(NC(=O)C(C)C)cc2)cc(Br)c1OCc1ccccc1Cl. The van der Waals surface area contributed by atoms with Crippen molar-refractivity contribution in [3.05, 3.63) is 81.3 Å². The Kier molecular flexibility index (Phi) is 8.42. The number of ether oxygens (including phenoxy) is 2. The zero-order valence-corrected chi connectivity index (χ0v) is 20.6. The monoisotopic (exact) mass is 516 g/mol. The fourth-order valence-electron chi connectivity index (χ4n) is 2.94. The first-order valence-corrected chi connectivity index (χ1v) is 11.4. The van der Waals surface area contributed by atoms with Crippen LogP contribution in [0.2, 0.25) is 5.02 Å². The molecule has 0 saturated carbocycles. The molecule has 3 aromatic carbocycles. The van der Waals surface area contributed by atoms with Crippen molar-refractivity contribution in [2.75, 3.05) is 17.7 Å². The van der Waals surface area contributed by atoms with Crippen molar-refractivity contribution in [2.24, 2.45) is 5.92 Å². The van der Waals surface area contributed by atoms with Crippen LogP contribution in [0.15, 0.2) is 65.1 Å². The molecule has 0 saturated heterocycles. The summed E-state index contributed by atoms with van der Waals surface area (Å²) in [6.45, 7) is 4.67. The second-order valence-corrected chi connectivity index (χ2v) is 8.83. The molecule has 32 heavy (non-hydrogen) atoms.